The van der Waals surface area contributed by atoms with Crippen molar-refractivity contribution >= 4 is 11.6 Å². The number of carbonyl (C=O) groups excluding carboxylic acids is 1. The largest absolute Gasteiger partial charge is 0.494 e. The lowest BCUT2D eigenvalue weighted by Crippen LogP contribution is -2.43. The van der Waals surface area contributed by atoms with Crippen molar-refractivity contribution in [2.24, 2.45) is 0 Å². The van der Waals surface area contributed by atoms with Crippen LogP contribution >= 0.6 is 0 Å². The minimum absolute atomic E-state index is 0.0846. The van der Waals surface area contributed by atoms with Gasteiger partial charge in [-0.25, -0.2) is 0 Å². The highest BCUT2D eigenvalue weighted by atomic mass is 16.5. The van der Waals surface area contributed by atoms with E-state index in [1.54, 1.807) is 0 Å². The highest BCUT2D eigenvalue weighted by molar-refractivity contribution is 5.97. The summed E-state index contributed by atoms with van der Waals surface area (Å²) in [5.41, 5.74) is -0.0285. The van der Waals surface area contributed by atoms with Gasteiger partial charge in [-0.15, -0.1) is 0 Å². The van der Waals surface area contributed by atoms with E-state index < -0.39 is 5.60 Å². The molecule has 1 heterocycles. The molecule has 0 saturated carbocycles. The van der Waals surface area contributed by atoms with Crippen LogP contribution in [0.15, 0.2) is 24.3 Å². The number of anilines is 1. The third-order valence-electron chi connectivity index (χ3n) is 5.22. The SMILES string of the molecule is CCCC[C@](C)(OCCC)C(=O)Nc1ccc(OCCCN2CCOCC2)cc1. The van der Waals surface area contributed by atoms with Gasteiger partial charge in [0.2, 0.25) is 0 Å². The van der Waals surface area contributed by atoms with Gasteiger partial charge in [0.25, 0.3) is 5.91 Å². The Kier molecular flexibility index (Phi) is 10.5. The summed E-state index contributed by atoms with van der Waals surface area (Å²) in [5.74, 6) is 0.736. The number of hydrogen-bond acceptors (Lipinski definition) is 5. The van der Waals surface area contributed by atoms with E-state index in [2.05, 4.69) is 24.1 Å². The molecule has 1 aliphatic rings. The van der Waals surface area contributed by atoms with Crippen molar-refractivity contribution in [3.8, 4) is 5.75 Å². The Morgan fingerprint density at radius 1 is 1.10 bits per heavy atom. The summed E-state index contributed by atoms with van der Waals surface area (Å²) in [5, 5.41) is 3.00. The molecule has 1 aliphatic heterocycles. The lowest BCUT2D eigenvalue weighted by Gasteiger charge is -2.28. The van der Waals surface area contributed by atoms with E-state index >= 15 is 0 Å². The number of hydrogen-bond donors (Lipinski definition) is 1. The molecule has 1 N–H and O–H groups in total. The van der Waals surface area contributed by atoms with Gasteiger partial charge >= 0.3 is 0 Å². The van der Waals surface area contributed by atoms with Crippen LogP contribution in [0.2, 0.25) is 0 Å². The molecule has 164 valence electrons. The van der Waals surface area contributed by atoms with Crippen LogP contribution in [0.3, 0.4) is 0 Å². The van der Waals surface area contributed by atoms with Crippen LogP contribution in [0.1, 0.15) is 52.9 Å². The Morgan fingerprint density at radius 2 is 1.83 bits per heavy atom. The van der Waals surface area contributed by atoms with Crippen LogP contribution in [0.5, 0.6) is 5.75 Å². The Bertz CT molecular complexity index is 577. The molecule has 0 radical (unpaired) electrons. The first-order chi connectivity index (χ1) is 14.1. The van der Waals surface area contributed by atoms with Crippen LogP contribution in [-0.4, -0.2) is 62.5 Å². The van der Waals surface area contributed by atoms with Crippen molar-refractivity contribution in [2.45, 2.75) is 58.5 Å². The number of nitrogens with one attached hydrogen (secondary N) is 1. The normalized spacial score (nSPS) is 16.9. The minimum atomic E-state index is -0.791. The molecule has 6 heteroatoms. The summed E-state index contributed by atoms with van der Waals surface area (Å²) in [7, 11) is 0. The lowest BCUT2D eigenvalue weighted by atomic mass is 9.97. The van der Waals surface area contributed by atoms with Gasteiger partial charge in [0, 0.05) is 31.9 Å². The maximum atomic E-state index is 12.8. The number of benzene rings is 1. The highest BCUT2D eigenvalue weighted by Gasteiger charge is 2.33. The summed E-state index contributed by atoms with van der Waals surface area (Å²) in [6.45, 7) is 12.0. The van der Waals surface area contributed by atoms with E-state index in [0.29, 0.717) is 13.2 Å². The first-order valence-corrected chi connectivity index (χ1v) is 11.1. The number of rotatable bonds is 13. The predicted molar refractivity (Wildman–Crippen MR) is 117 cm³/mol. The minimum Gasteiger partial charge on any atom is -0.494 e. The molecule has 0 spiro atoms. The first kappa shape index (κ1) is 23.6. The molecular formula is C23H38N2O4. The van der Waals surface area contributed by atoms with E-state index in [9.17, 15) is 4.79 Å². The Morgan fingerprint density at radius 3 is 2.48 bits per heavy atom. The van der Waals surface area contributed by atoms with Crippen LogP contribution in [0, 0.1) is 0 Å². The number of ether oxygens (including phenoxy) is 3. The fraction of sp³-hybridized carbons (Fsp3) is 0.696. The maximum absolute atomic E-state index is 12.8. The van der Waals surface area contributed by atoms with Gasteiger partial charge in [0.05, 0.1) is 19.8 Å². The second-order valence-electron chi connectivity index (χ2n) is 7.82. The van der Waals surface area contributed by atoms with E-state index in [1.165, 1.54) is 0 Å². The highest BCUT2D eigenvalue weighted by Crippen LogP contribution is 2.23. The number of amides is 1. The zero-order valence-corrected chi connectivity index (χ0v) is 18.4. The molecule has 29 heavy (non-hydrogen) atoms. The van der Waals surface area contributed by atoms with Gasteiger partial charge in [0.1, 0.15) is 11.4 Å². The Balaban J connectivity index is 1.78. The molecule has 0 bridgehead atoms. The van der Waals surface area contributed by atoms with Crippen molar-refractivity contribution in [1.82, 2.24) is 4.90 Å². The average Bonchev–Trinajstić information content (AvgIpc) is 2.75. The molecule has 1 fully saturated rings. The molecule has 2 rings (SSSR count). The van der Waals surface area contributed by atoms with Crippen molar-refractivity contribution in [3.63, 3.8) is 0 Å². The summed E-state index contributed by atoms with van der Waals surface area (Å²) in [6.07, 6.45) is 4.61. The fourth-order valence-corrected chi connectivity index (χ4v) is 3.29. The van der Waals surface area contributed by atoms with Gasteiger partial charge in [-0.05, 0) is 50.5 Å². The molecule has 0 aliphatic carbocycles. The zero-order chi connectivity index (χ0) is 21.0. The molecule has 6 nitrogen and oxygen atoms in total. The Hall–Kier alpha value is -1.63. The van der Waals surface area contributed by atoms with Gasteiger partial charge < -0.3 is 19.5 Å². The van der Waals surface area contributed by atoms with Gasteiger partial charge in [-0.3, -0.25) is 9.69 Å². The number of unbranched alkanes of at least 4 members (excludes halogenated alkanes) is 1. The molecular weight excluding hydrogens is 368 g/mol. The average molecular weight is 407 g/mol. The third-order valence-corrected chi connectivity index (χ3v) is 5.22. The lowest BCUT2D eigenvalue weighted by molar-refractivity contribution is -0.140. The third kappa shape index (κ3) is 8.33. The van der Waals surface area contributed by atoms with Gasteiger partial charge in [-0.2, -0.15) is 0 Å². The van der Waals surface area contributed by atoms with Crippen molar-refractivity contribution in [1.29, 1.82) is 0 Å². The quantitative estimate of drug-likeness (QED) is 0.500. The summed E-state index contributed by atoms with van der Waals surface area (Å²) in [6, 6.07) is 7.58. The van der Waals surface area contributed by atoms with Crippen LogP contribution in [0.25, 0.3) is 0 Å². The maximum Gasteiger partial charge on any atom is 0.256 e. The van der Waals surface area contributed by atoms with E-state index in [-0.39, 0.29) is 5.91 Å². The van der Waals surface area contributed by atoms with Crippen LogP contribution < -0.4 is 10.1 Å². The molecule has 1 aromatic rings. The number of carbonyl (C=O) groups is 1. The van der Waals surface area contributed by atoms with E-state index in [0.717, 1.165) is 76.4 Å². The number of nitrogens with zero attached hydrogens (tertiary/aromatic N) is 1. The summed E-state index contributed by atoms with van der Waals surface area (Å²) < 4.78 is 17.1. The van der Waals surface area contributed by atoms with Crippen molar-refractivity contribution < 1.29 is 19.0 Å². The van der Waals surface area contributed by atoms with Crippen molar-refractivity contribution in [2.75, 3.05) is 51.4 Å². The monoisotopic (exact) mass is 406 g/mol. The van der Waals surface area contributed by atoms with Gasteiger partial charge in [-0.1, -0.05) is 26.7 Å². The predicted octanol–water partition coefficient (Wildman–Crippen LogP) is 4.10. The second-order valence-corrected chi connectivity index (χ2v) is 7.82. The zero-order valence-electron chi connectivity index (χ0n) is 18.4. The Labute approximate surface area is 175 Å². The second kappa shape index (κ2) is 12.8. The smallest absolute Gasteiger partial charge is 0.256 e. The van der Waals surface area contributed by atoms with Crippen LogP contribution in [-0.2, 0) is 14.3 Å². The fourth-order valence-electron chi connectivity index (χ4n) is 3.29. The summed E-state index contributed by atoms with van der Waals surface area (Å²) >= 11 is 0. The topological polar surface area (TPSA) is 60.0 Å². The van der Waals surface area contributed by atoms with Gasteiger partial charge in [0.15, 0.2) is 0 Å². The standard InChI is InChI=1S/C23H38N2O4/c1-4-6-12-23(3,29-16-5-2)22(26)24-20-8-10-21(11-9-20)28-17-7-13-25-14-18-27-19-15-25/h8-11H,4-7,12-19H2,1-3H3,(H,24,26)/t23-/m0/s1. The molecule has 1 saturated heterocycles. The molecule has 1 atom stereocenters. The summed E-state index contributed by atoms with van der Waals surface area (Å²) in [4.78, 5) is 15.2. The number of morpholine rings is 1. The molecule has 0 unspecified atom stereocenters. The van der Waals surface area contributed by atoms with E-state index in [1.807, 2.05) is 31.2 Å². The first-order valence-electron chi connectivity index (χ1n) is 11.1. The van der Waals surface area contributed by atoms with E-state index in [4.69, 9.17) is 14.2 Å². The molecule has 1 aromatic carbocycles. The molecule has 1 amide bonds. The van der Waals surface area contributed by atoms with Crippen LogP contribution in [0.4, 0.5) is 5.69 Å². The molecule has 0 aromatic heterocycles. The van der Waals surface area contributed by atoms with Crippen molar-refractivity contribution in [3.05, 3.63) is 24.3 Å².